The van der Waals surface area contributed by atoms with E-state index in [2.05, 4.69) is 0 Å². The summed E-state index contributed by atoms with van der Waals surface area (Å²) in [5, 5.41) is -1.45. The number of thioether (sulfide) groups is 4. The van der Waals surface area contributed by atoms with Crippen molar-refractivity contribution in [2.24, 2.45) is 0 Å². The summed E-state index contributed by atoms with van der Waals surface area (Å²) in [4.78, 5) is 0. The SMILES string of the molecule is O=S(=O)(O)C(CC1CS1)C1CSC(C(CC2CS2)S(=O)(=O)O)CS1. The molecule has 0 aromatic carbocycles. The highest BCUT2D eigenvalue weighted by Crippen LogP contribution is 2.44. The zero-order valence-corrected chi connectivity index (χ0v) is 17.6. The first-order chi connectivity index (χ1) is 11.1. The standard InChI is InChI=1S/C12H20O6S6/c13-23(14,15)11(1-7-3-19-7)9-5-22-10(6-21-9)12(24(16,17)18)2-8-4-20-8/h7-12H,1-6H2,(H,13,14,15)(H,16,17,18). The van der Waals surface area contributed by atoms with Crippen LogP contribution < -0.4 is 0 Å². The summed E-state index contributed by atoms with van der Waals surface area (Å²) in [6.07, 6.45) is 0.902. The Bertz CT molecular complexity index is 590. The van der Waals surface area contributed by atoms with Crippen molar-refractivity contribution < 1.29 is 25.9 Å². The van der Waals surface area contributed by atoms with Crippen molar-refractivity contribution >= 4 is 67.3 Å². The van der Waals surface area contributed by atoms with Gasteiger partial charge in [0, 0.05) is 44.0 Å². The molecule has 0 saturated carbocycles. The van der Waals surface area contributed by atoms with Gasteiger partial charge in [-0.15, -0.1) is 0 Å². The molecule has 3 heterocycles. The van der Waals surface area contributed by atoms with Crippen LogP contribution in [0.1, 0.15) is 12.8 Å². The molecule has 6 atom stereocenters. The molecule has 2 N–H and O–H groups in total. The molecule has 0 aromatic heterocycles. The zero-order valence-electron chi connectivity index (χ0n) is 12.7. The zero-order chi connectivity index (χ0) is 17.5. The van der Waals surface area contributed by atoms with E-state index in [1.165, 1.54) is 23.5 Å². The first-order valence-electron chi connectivity index (χ1n) is 7.53. The van der Waals surface area contributed by atoms with E-state index in [4.69, 9.17) is 0 Å². The molecule has 140 valence electrons. The van der Waals surface area contributed by atoms with Crippen LogP contribution in [0.4, 0.5) is 0 Å². The molecule has 6 unspecified atom stereocenters. The summed E-state index contributed by atoms with van der Waals surface area (Å²) in [6.45, 7) is 0. The summed E-state index contributed by atoms with van der Waals surface area (Å²) < 4.78 is 65.9. The first-order valence-corrected chi connectivity index (χ1v) is 14.7. The van der Waals surface area contributed by atoms with Crippen LogP contribution in [0, 0.1) is 0 Å². The number of hydrogen-bond donors (Lipinski definition) is 2. The molecule has 24 heavy (non-hydrogen) atoms. The van der Waals surface area contributed by atoms with E-state index in [-0.39, 0.29) is 10.5 Å². The topological polar surface area (TPSA) is 109 Å². The van der Waals surface area contributed by atoms with Gasteiger partial charge in [-0.2, -0.15) is 63.9 Å². The minimum absolute atomic E-state index is 0.236. The van der Waals surface area contributed by atoms with Crippen molar-refractivity contribution in [2.75, 3.05) is 23.0 Å². The number of hydrogen-bond acceptors (Lipinski definition) is 8. The second-order valence-corrected chi connectivity index (χ2v) is 14.7. The third kappa shape index (κ3) is 5.61. The molecular weight excluding hydrogens is 433 g/mol. The van der Waals surface area contributed by atoms with Crippen molar-refractivity contribution in [3.8, 4) is 0 Å². The van der Waals surface area contributed by atoms with Crippen LogP contribution in [0.5, 0.6) is 0 Å². The highest BCUT2D eigenvalue weighted by molar-refractivity contribution is 8.08. The van der Waals surface area contributed by atoms with Gasteiger partial charge in [0.1, 0.15) is 10.5 Å². The molecule has 0 amide bonds. The quantitative estimate of drug-likeness (QED) is 0.417. The Morgan fingerprint density at radius 3 is 1.25 bits per heavy atom. The lowest BCUT2D eigenvalue weighted by Crippen LogP contribution is -2.42. The van der Waals surface area contributed by atoms with E-state index in [1.54, 1.807) is 23.5 Å². The van der Waals surface area contributed by atoms with Gasteiger partial charge >= 0.3 is 0 Å². The molecule has 3 rings (SSSR count). The molecule has 0 spiro atoms. The van der Waals surface area contributed by atoms with Gasteiger partial charge in [-0.3, -0.25) is 9.11 Å². The molecular formula is C12H20O6S6. The predicted molar refractivity (Wildman–Crippen MR) is 105 cm³/mol. The summed E-state index contributed by atoms with van der Waals surface area (Å²) in [6, 6.07) is 0. The van der Waals surface area contributed by atoms with Gasteiger partial charge in [0.15, 0.2) is 0 Å². The highest BCUT2D eigenvalue weighted by atomic mass is 32.2. The van der Waals surface area contributed by atoms with E-state index in [0.717, 1.165) is 11.5 Å². The van der Waals surface area contributed by atoms with Crippen LogP contribution in [-0.4, -0.2) is 80.5 Å². The molecule has 0 bridgehead atoms. The monoisotopic (exact) mass is 452 g/mol. The summed E-state index contributed by atoms with van der Waals surface area (Å²) in [5.41, 5.74) is 0. The van der Waals surface area contributed by atoms with Crippen molar-refractivity contribution in [3.05, 3.63) is 0 Å². The minimum atomic E-state index is -4.11. The van der Waals surface area contributed by atoms with Crippen molar-refractivity contribution in [2.45, 2.75) is 44.3 Å². The maximum atomic E-state index is 11.7. The average molecular weight is 453 g/mol. The van der Waals surface area contributed by atoms with Gasteiger partial charge in [0.25, 0.3) is 20.2 Å². The lowest BCUT2D eigenvalue weighted by atomic mass is 10.2. The van der Waals surface area contributed by atoms with Crippen LogP contribution >= 0.6 is 47.0 Å². The molecule has 0 aromatic rings. The van der Waals surface area contributed by atoms with Crippen molar-refractivity contribution in [3.63, 3.8) is 0 Å². The van der Waals surface area contributed by atoms with Crippen LogP contribution in [0.3, 0.4) is 0 Å². The third-order valence-corrected chi connectivity index (χ3v) is 12.6. The normalized spacial score (nSPS) is 36.1. The van der Waals surface area contributed by atoms with E-state index in [0.29, 0.717) is 34.8 Å². The minimum Gasteiger partial charge on any atom is -0.285 e. The molecule has 3 aliphatic rings. The maximum Gasteiger partial charge on any atom is 0.268 e. The largest absolute Gasteiger partial charge is 0.285 e. The molecule has 12 heteroatoms. The lowest BCUT2D eigenvalue weighted by molar-refractivity contribution is 0.457. The fourth-order valence-electron chi connectivity index (χ4n) is 2.82. The smallest absolute Gasteiger partial charge is 0.268 e. The van der Waals surface area contributed by atoms with Crippen LogP contribution in [0.2, 0.25) is 0 Å². The van der Waals surface area contributed by atoms with Gasteiger partial charge < -0.3 is 0 Å². The Morgan fingerprint density at radius 2 is 1.04 bits per heavy atom. The molecule has 0 radical (unpaired) electrons. The molecule has 0 aliphatic carbocycles. The summed E-state index contributed by atoms with van der Waals surface area (Å²) >= 11 is 6.22. The maximum absolute atomic E-state index is 11.7. The van der Waals surface area contributed by atoms with Gasteiger partial charge in [-0.25, -0.2) is 0 Å². The van der Waals surface area contributed by atoms with Crippen molar-refractivity contribution in [1.82, 2.24) is 0 Å². The van der Waals surface area contributed by atoms with Crippen LogP contribution in [0.25, 0.3) is 0 Å². The Morgan fingerprint density at radius 1 is 0.708 bits per heavy atom. The van der Waals surface area contributed by atoms with E-state index in [9.17, 15) is 25.9 Å². The van der Waals surface area contributed by atoms with E-state index in [1.807, 2.05) is 0 Å². The molecule has 3 saturated heterocycles. The second kappa shape index (κ2) is 7.69. The Balaban J connectivity index is 1.62. The fourth-order valence-corrected chi connectivity index (χ4v) is 11.0. The van der Waals surface area contributed by atoms with Gasteiger partial charge in [-0.05, 0) is 12.8 Å². The van der Waals surface area contributed by atoms with E-state index >= 15 is 0 Å². The third-order valence-electron chi connectivity index (χ3n) is 4.34. The first kappa shape index (κ1) is 20.0. The van der Waals surface area contributed by atoms with Gasteiger partial charge in [0.2, 0.25) is 0 Å². The Hall–Kier alpha value is 1.22. The lowest BCUT2D eigenvalue weighted by Gasteiger charge is -2.34. The Labute approximate surface area is 159 Å². The Kier molecular flexibility index (Phi) is 6.39. The molecule has 3 aliphatic heterocycles. The summed E-state index contributed by atoms with van der Waals surface area (Å²) in [5.74, 6) is 2.81. The van der Waals surface area contributed by atoms with Gasteiger partial charge in [0.05, 0.1) is 0 Å². The van der Waals surface area contributed by atoms with Gasteiger partial charge in [-0.1, -0.05) is 0 Å². The predicted octanol–water partition coefficient (Wildman–Crippen LogP) is 1.73. The average Bonchev–Trinajstić information content (AvgIpc) is 3.34. The highest BCUT2D eigenvalue weighted by Gasteiger charge is 2.44. The molecule has 3 fully saturated rings. The van der Waals surface area contributed by atoms with E-state index < -0.39 is 30.7 Å². The summed E-state index contributed by atoms with van der Waals surface area (Å²) in [7, 11) is -8.23. The molecule has 6 nitrogen and oxygen atoms in total. The fraction of sp³-hybridized carbons (Fsp3) is 1.00. The van der Waals surface area contributed by atoms with Crippen LogP contribution in [-0.2, 0) is 20.2 Å². The number of rotatable bonds is 8. The second-order valence-electron chi connectivity index (χ2n) is 6.23. The van der Waals surface area contributed by atoms with Crippen molar-refractivity contribution in [1.29, 1.82) is 0 Å². The van der Waals surface area contributed by atoms with Crippen LogP contribution in [0.15, 0.2) is 0 Å².